The lowest BCUT2D eigenvalue weighted by atomic mass is 10.1. The summed E-state index contributed by atoms with van der Waals surface area (Å²) in [6.45, 7) is 4.43. The molecule has 1 atom stereocenters. The molecule has 1 unspecified atom stereocenters. The summed E-state index contributed by atoms with van der Waals surface area (Å²) >= 11 is 0. The number of methoxy groups -OCH3 is 1. The third-order valence-corrected chi connectivity index (χ3v) is 4.34. The van der Waals surface area contributed by atoms with E-state index in [1.165, 1.54) is 12.1 Å². The molecular formula is C19H27NO5S. The number of allylic oxidation sites excluding steroid dienone is 3. The highest BCUT2D eigenvalue weighted by molar-refractivity contribution is 7.85. The molecule has 144 valence electrons. The van der Waals surface area contributed by atoms with Crippen molar-refractivity contribution in [1.29, 1.82) is 0 Å². The van der Waals surface area contributed by atoms with E-state index in [2.05, 4.69) is 11.1 Å². The van der Waals surface area contributed by atoms with E-state index in [0.29, 0.717) is 6.42 Å². The first-order valence-corrected chi connectivity index (χ1v) is 9.61. The summed E-state index contributed by atoms with van der Waals surface area (Å²) in [5.74, 6) is 0.955. The average Bonchev–Trinajstić information content (AvgIpc) is 2.54. The van der Waals surface area contributed by atoms with E-state index in [1.54, 1.807) is 26.2 Å². The van der Waals surface area contributed by atoms with Gasteiger partial charge in [0.05, 0.1) is 24.7 Å². The summed E-state index contributed by atoms with van der Waals surface area (Å²) in [5.41, 5.74) is 2.05. The zero-order chi connectivity index (χ0) is 19.7. The Hall–Kier alpha value is -2.09. The highest BCUT2D eigenvalue weighted by Crippen LogP contribution is 2.14. The summed E-state index contributed by atoms with van der Waals surface area (Å²) in [6.07, 6.45) is 8.44. The molecule has 7 heteroatoms. The van der Waals surface area contributed by atoms with Crippen molar-refractivity contribution in [2.75, 3.05) is 20.7 Å². The zero-order valence-electron chi connectivity index (χ0n) is 15.6. The van der Waals surface area contributed by atoms with Gasteiger partial charge in [0.2, 0.25) is 0 Å². The van der Waals surface area contributed by atoms with Crippen LogP contribution in [0.4, 0.5) is 0 Å². The van der Waals surface area contributed by atoms with E-state index >= 15 is 0 Å². The van der Waals surface area contributed by atoms with Crippen molar-refractivity contribution in [2.45, 2.75) is 31.3 Å². The minimum atomic E-state index is -4.02. The second-order valence-electron chi connectivity index (χ2n) is 6.13. The summed E-state index contributed by atoms with van der Waals surface area (Å²) in [5, 5.41) is 9.11. The lowest BCUT2D eigenvalue weighted by Gasteiger charge is -2.21. The van der Waals surface area contributed by atoms with Crippen molar-refractivity contribution in [3.63, 3.8) is 0 Å². The van der Waals surface area contributed by atoms with Crippen LogP contribution in [0.1, 0.15) is 18.9 Å². The molecule has 1 aliphatic heterocycles. The Morgan fingerprint density at radius 2 is 1.92 bits per heavy atom. The molecule has 0 radical (unpaired) electrons. The van der Waals surface area contributed by atoms with Gasteiger partial charge in [0.1, 0.15) is 5.76 Å². The van der Waals surface area contributed by atoms with E-state index < -0.39 is 10.1 Å². The molecule has 0 bridgehead atoms. The number of ether oxygens (including phenoxy) is 1. The molecule has 2 N–H and O–H groups in total. The molecule has 1 aliphatic rings. The number of aryl methyl sites for hydroxylation is 1. The van der Waals surface area contributed by atoms with Crippen LogP contribution in [0.15, 0.2) is 64.9 Å². The number of hydrogen-bond acceptors (Lipinski definition) is 5. The van der Waals surface area contributed by atoms with Crippen LogP contribution in [0, 0.1) is 6.92 Å². The molecule has 0 saturated carbocycles. The van der Waals surface area contributed by atoms with Crippen molar-refractivity contribution in [3.8, 4) is 0 Å². The fourth-order valence-corrected chi connectivity index (χ4v) is 2.62. The molecule has 0 fully saturated rings. The SMILES string of the molecule is COC1=CC(/C=C/CC(C)O)=CN(C)C1.Cc1ccc(S(=O)(=O)O)cc1. The maximum absolute atomic E-state index is 10.5. The third-order valence-electron chi connectivity index (χ3n) is 3.47. The molecule has 0 aromatic heterocycles. The Kier molecular flexibility index (Phi) is 8.57. The van der Waals surface area contributed by atoms with Crippen LogP contribution < -0.4 is 0 Å². The van der Waals surface area contributed by atoms with Gasteiger partial charge in [-0.05, 0) is 44.1 Å². The lowest BCUT2D eigenvalue weighted by Crippen LogP contribution is -2.19. The number of rotatable bonds is 5. The summed E-state index contributed by atoms with van der Waals surface area (Å²) in [7, 11) is -0.328. The largest absolute Gasteiger partial charge is 0.499 e. The lowest BCUT2D eigenvalue weighted by molar-refractivity contribution is 0.198. The molecule has 0 amide bonds. The average molecular weight is 381 g/mol. The van der Waals surface area contributed by atoms with Gasteiger partial charge in [-0.3, -0.25) is 4.55 Å². The van der Waals surface area contributed by atoms with Crippen molar-refractivity contribution < 1.29 is 22.8 Å². The van der Waals surface area contributed by atoms with Crippen LogP contribution in [-0.2, 0) is 14.9 Å². The fraction of sp³-hybridized carbons (Fsp3) is 0.368. The van der Waals surface area contributed by atoms with Crippen molar-refractivity contribution in [2.24, 2.45) is 0 Å². The van der Waals surface area contributed by atoms with Crippen LogP contribution in [0.25, 0.3) is 0 Å². The molecule has 0 spiro atoms. The number of likely N-dealkylation sites (N-methyl/N-ethyl adjacent to an activating group) is 1. The van der Waals surface area contributed by atoms with Gasteiger partial charge in [-0.1, -0.05) is 29.8 Å². The van der Waals surface area contributed by atoms with E-state index in [4.69, 9.17) is 14.4 Å². The van der Waals surface area contributed by atoms with Crippen molar-refractivity contribution in [3.05, 3.63) is 65.6 Å². The van der Waals surface area contributed by atoms with Crippen LogP contribution in [-0.4, -0.2) is 49.8 Å². The Balaban J connectivity index is 0.000000273. The van der Waals surface area contributed by atoms with E-state index in [9.17, 15) is 8.42 Å². The fourth-order valence-electron chi connectivity index (χ4n) is 2.14. The summed E-state index contributed by atoms with van der Waals surface area (Å²) in [6, 6.07) is 5.99. The normalized spacial score (nSPS) is 15.7. The van der Waals surface area contributed by atoms with Gasteiger partial charge in [0, 0.05) is 13.2 Å². The maximum atomic E-state index is 10.5. The third kappa shape index (κ3) is 8.33. The van der Waals surface area contributed by atoms with Crippen LogP contribution in [0.3, 0.4) is 0 Å². The highest BCUT2D eigenvalue weighted by Gasteiger charge is 2.07. The number of aliphatic hydroxyl groups excluding tert-OH is 1. The quantitative estimate of drug-likeness (QED) is 0.763. The molecule has 26 heavy (non-hydrogen) atoms. The number of benzene rings is 1. The first kappa shape index (κ1) is 22.0. The Morgan fingerprint density at radius 1 is 1.31 bits per heavy atom. The highest BCUT2D eigenvalue weighted by atomic mass is 32.2. The van der Waals surface area contributed by atoms with E-state index in [1.807, 2.05) is 32.2 Å². The maximum Gasteiger partial charge on any atom is 0.294 e. The predicted molar refractivity (Wildman–Crippen MR) is 102 cm³/mol. The second-order valence-corrected chi connectivity index (χ2v) is 7.56. The van der Waals surface area contributed by atoms with Crippen LogP contribution in [0.5, 0.6) is 0 Å². The van der Waals surface area contributed by atoms with Gasteiger partial charge in [-0.2, -0.15) is 8.42 Å². The van der Waals surface area contributed by atoms with Crippen LogP contribution in [0.2, 0.25) is 0 Å². The van der Waals surface area contributed by atoms with Gasteiger partial charge in [-0.25, -0.2) is 0 Å². The molecule has 1 heterocycles. The van der Waals surface area contributed by atoms with Gasteiger partial charge in [0.15, 0.2) is 0 Å². The Labute approximate surface area is 155 Å². The molecule has 0 aliphatic carbocycles. The minimum absolute atomic E-state index is 0.0666. The predicted octanol–water partition coefficient (Wildman–Crippen LogP) is 2.91. The number of aliphatic hydroxyl groups is 1. The van der Waals surface area contributed by atoms with Gasteiger partial charge < -0.3 is 14.7 Å². The molecule has 6 nitrogen and oxygen atoms in total. The van der Waals surface area contributed by atoms with Gasteiger partial charge in [-0.15, -0.1) is 0 Å². The molecule has 1 aromatic rings. The Bertz CT molecular complexity index is 762. The number of hydrogen-bond donors (Lipinski definition) is 2. The van der Waals surface area contributed by atoms with Crippen LogP contribution >= 0.6 is 0 Å². The Morgan fingerprint density at radius 3 is 2.42 bits per heavy atom. The molecule has 0 saturated heterocycles. The van der Waals surface area contributed by atoms with E-state index in [0.717, 1.165) is 23.4 Å². The molecule has 2 rings (SSSR count). The first-order chi connectivity index (χ1) is 12.1. The monoisotopic (exact) mass is 381 g/mol. The smallest absolute Gasteiger partial charge is 0.294 e. The van der Waals surface area contributed by atoms with Gasteiger partial charge in [0.25, 0.3) is 10.1 Å². The standard InChI is InChI=1S/C12H19NO2.C7H8O3S/c1-10(14)5-4-6-11-7-12(15-3)9-13(2)8-11;1-6-2-4-7(5-3-6)11(8,9)10/h4,6-8,10,14H,5,9H2,1-3H3;2-5H,1H3,(H,8,9,10)/b6-4+;. The van der Waals surface area contributed by atoms with E-state index in [-0.39, 0.29) is 11.0 Å². The number of nitrogens with zero attached hydrogens (tertiary/aromatic N) is 1. The molecular weight excluding hydrogens is 354 g/mol. The molecule has 1 aromatic carbocycles. The van der Waals surface area contributed by atoms with Crippen molar-refractivity contribution in [1.82, 2.24) is 4.90 Å². The topological polar surface area (TPSA) is 87.1 Å². The second kappa shape index (κ2) is 10.2. The summed E-state index contributed by atoms with van der Waals surface area (Å²) in [4.78, 5) is 2.00. The first-order valence-electron chi connectivity index (χ1n) is 8.17. The zero-order valence-corrected chi connectivity index (χ0v) is 16.4. The van der Waals surface area contributed by atoms with Gasteiger partial charge >= 0.3 is 0 Å². The summed E-state index contributed by atoms with van der Waals surface area (Å²) < 4.78 is 34.8. The minimum Gasteiger partial charge on any atom is -0.499 e. The van der Waals surface area contributed by atoms with Crippen molar-refractivity contribution >= 4 is 10.1 Å².